The molecule has 1 saturated carbocycles. The molecule has 0 spiro atoms. The molecule has 0 bridgehead atoms. The van der Waals surface area contributed by atoms with Gasteiger partial charge in [-0.05, 0) is 85.7 Å². The van der Waals surface area contributed by atoms with E-state index in [1.165, 1.54) is 16.7 Å². The molecule has 2 aromatic carbocycles. The maximum absolute atomic E-state index is 12.8. The Morgan fingerprint density at radius 3 is 2.21 bits per heavy atom. The van der Waals surface area contributed by atoms with E-state index in [0.29, 0.717) is 22.5 Å². The third kappa shape index (κ3) is 6.21. The fourth-order valence-corrected chi connectivity index (χ4v) is 4.95. The van der Waals surface area contributed by atoms with Crippen LogP contribution in [0.4, 0.5) is 0 Å². The zero-order valence-corrected chi connectivity index (χ0v) is 20.2. The molecule has 33 heavy (non-hydrogen) atoms. The van der Waals surface area contributed by atoms with E-state index in [4.69, 9.17) is 11.6 Å². The molecule has 1 aliphatic rings. The minimum absolute atomic E-state index is 0.0786. The minimum atomic E-state index is 0.0786. The molecule has 172 valence electrons. The highest BCUT2D eigenvalue weighted by Gasteiger charge is 2.27. The summed E-state index contributed by atoms with van der Waals surface area (Å²) in [6, 6.07) is 20.7. The monoisotopic (exact) mass is 461 g/mol. The Balaban J connectivity index is 1.28. The first-order valence-corrected chi connectivity index (χ1v) is 12.1. The predicted molar refractivity (Wildman–Crippen MR) is 134 cm³/mol. The topological polar surface area (TPSA) is 36.4 Å². The Labute approximate surface area is 202 Å². The number of amides is 1. The van der Waals surface area contributed by atoms with Crippen molar-refractivity contribution >= 4 is 17.5 Å². The summed E-state index contributed by atoms with van der Waals surface area (Å²) in [5.74, 6) is 0.650. The van der Waals surface area contributed by atoms with E-state index >= 15 is 0 Å². The van der Waals surface area contributed by atoms with Crippen molar-refractivity contribution in [1.29, 1.82) is 0 Å². The Kier molecular flexibility index (Phi) is 7.79. The zero-order valence-electron chi connectivity index (χ0n) is 19.5. The number of carbonyl (C=O) groups excluding carboxylic acids is 1. The molecule has 5 heteroatoms. The van der Waals surface area contributed by atoms with Gasteiger partial charge in [-0.2, -0.15) is 0 Å². The quantitative estimate of drug-likeness (QED) is 0.422. The SMILES string of the molecule is CN(Cc1ccc(C2CCC(N(C)C(=O)c3ccc(Cl)cc3)CC2)cc1)Cc1cccnc1. The largest absolute Gasteiger partial charge is 0.339 e. The van der Waals surface area contributed by atoms with Gasteiger partial charge in [-0.15, -0.1) is 0 Å². The van der Waals surface area contributed by atoms with Crippen LogP contribution in [-0.2, 0) is 13.1 Å². The van der Waals surface area contributed by atoms with Crippen LogP contribution in [0.25, 0.3) is 0 Å². The number of pyridine rings is 1. The smallest absolute Gasteiger partial charge is 0.253 e. The lowest BCUT2D eigenvalue weighted by Gasteiger charge is -2.35. The molecule has 4 nitrogen and oxygen atoms in total. The molecule has 1 aliphatic carbocycles. The van der Waals surface area contributed by atoms with Gasteiger partial charge in [0.2, 0.25) is 0 Å². The number of benzene rings is 2. The third-order valence-electron chi connectivity index (χ3n) is 6.73. The lowest BCUT2D eigenvalue weighted by atomic mass is 9.81. The molecule has 0 aliphatic heterocycles. The van der Waals surface area contributed by atoms with Crippen LogP contribution in [0.15, 0.2) is 73.1 Å². The van der Waals surface area contributed by atoms with Gasteiger partial charge in [0.1, 0.15) is 0 Å². The average Bonchev–Trinajstić information content (AvgIpc) is 2.85. The first-order chi connectivity index (χ1) is 16.0. The Morgan fingerprint density at radius 1 is 0.909 bits per heavy atom. The summed E-state index contributed by atoms with van der Waals surface area (Å²) in [5, 5.41) is 0.654. The number of nitrogens with zero attached hydrogens (tertiary/aromatic N) is 3. The van der Waals surface area contributed by atoms with E-state index in [9.17, 15) is 4.79 Å². The lowest BCUT2D eigenvalue weighted by Crippen LogP contribution is -2.39. The van der Waals surface area contributed by atoms with Gasteiger partial charge in [0.25, 0.3) is 5.91 Å². The number of hydrogen-bond donors (Lipinski definition) is 0. The third-order valence-corrected chi connectivity index (χ3v) is 6.99. The van der Waals surface area contributed by atoms with Gasteiger partial charge in [0.15, 0.2) is 0 Å². The molecule has 1 fully saturated rings. The van der Waals surface area contributed by atoms with Crippen molar-refractivity contribution in [2.75, 3.05) is 14.1 Å². The summed E-state index contributed by atoms with van der Waals surface area (Å²) in [6.45, 7) is 1.81. The average molecular weight is 462 g/mol. The molecule has 1 aromatic heterocycles. The second kappa shape index (κ2) is 11.0. The highest BCUT2D eigenvalue weighted by molar-refractivity contribution is 6.30. The molecule has 0 unspecified atom stereocenters. The highest BCUT2D eigenvalue weighted by Crippen LogP contribution is 2.35. The van der Waals surface area contributed by atoms with Gasteiger partial charge in [0, 0.05) is 49.2 Å². The van der Waals surface area contributed by atoms with E-state index in [1.54, 1.807) is 12.1 Å². The van der Waals surface area contributed by atoms with E-state index in [1.807, 2.05) is 42.5 Å². The lowest BCUT2D eigenvalue weighted by molar-refractivity contribution is 0.0689. The van der Waals surface area contributed by atoms with Crippen molar-refractivity contribution in [1.82, 2.24) is 14.8 Å². The first kappa shape index (κ1) is 23.5. The van der Waals surface area contributed by atoms with Crippen molar-refractivity contribution < 1.29 is 4.79 Å². The molecule has 1 amide bonds. The molecule has 4 rings (SSSR count). The molecular formula is C28H32ClN3O. The van der Waals surface area contributed by atoms with E-state index in [2.05, 4.69) is 47.3 Å². The van der Waals surface area contributed by atoms with Crippen molar-refractivity contribution in [3.05, 3.63) is 100 Å². The summed E-state index contributed by atoms with van der Waals surface area (Å²) in [5.41, 5.74) is 4.67. The molecule has 0 atom stereocenters. The van der Waals surface area contributed by atoms with E-state index in [0.717, 1.165) is 38.8 Å². The number of hydrogen-bond acceptors (Lipinski definition) is 3. The molecule has 3 aromatic rings. The highest BCUT2D eigenvalue weighted by atomic mass is 35.5. The summed E-state index contributed by atoms with van der Waals surface area (Å²) >= 11 is 5.96. The summed E-state index contributed by atoms with van der Waals surface area (Å²) in [6.07, 6.45) is 8.04. The van der Waals surface area contributed by atoms with Crippen LogP contribution in [0.5, 0.6) is 0 Å². The van der Waals surface area contributed by atoms with Crippen LogP contribution < -0.4 is 0 Å². The number of carbonyl (C=O) groups is 1. The molecule has 0 saturated heterocycles. The number of aromatic nitrogens is 1. The van der Waals surface area contributed by atoms with Crippen LogP contribution in [0.3, 0.4) is 0 Å². The summed E-state index contributed by atoms with van der Waals surface area (Å²) < 4.78 is 0. The molecule has 0 N–H and O–H groups in total. The van der Waals surface area contributed by atoms with Crippen LogP contribution in [0.1, 0.15) is 58.6 Å². The van der Waals surface area contributed by atoms with Crippen LogP contribution in [0, 0.1) is 0 Å². The number of halogens is 1. The fourth-order valence-electron chi connectivity index (χ4n) is 4.82. The van der Waals surface area contributed by atoms with Gasteiger partial charge in [-0.25, -0.2) is 0 Å². The van der Waals surface area contributed by atoms with Gasteiger partial charge < -0.3 is 4.90 Å². The first-order valence-electron chi connectivity index (χ1n) is 11.7. The predicted octanol–water partition coefficient (Wildman–Crippen LogP) is 6.17. The molecular weight excluding hydrogens is 430 g/mol. The van der Waals surface area contributed by atoms with E-state index < -0.39 is 0 Å². The Bertz CT molecular complexity index is 1030. The summed E-state index contributed by atoms with van der Waals surface area (Å²) in [4.78, 5) is 21.2. The van der Waals surface area contributed by atoms with Crippen molar-refractivity contribution in [2.45, 2.75) is 50.7 Å². The van der Waals surface area contributed by atoms with Gasteiger partial charge >= 0.3 is 0 Å². The second-order valence-corrected chi connectivity index (χ2v) is 9.64. The standard InChI is InChI=1S/C28H32ClN3O/c1-31(20-22-4-3-17-30-18-22)19-21-5-7-23(8-6-21)24-11-15-27(16-12-24)32(2)28(33)25-9-13-26(29)14-10-25/h3-10,13-14,17-18,24,27H,11-12,15-16,19-20H2,1-2H3. The van der Waals surface area contributed by atoms with Gasteiger partial charge in [0.05, 0.1) is 0 Å². The van der Waals surface area contributed by atoms with Gasteiger partial charge in [-0.3, -0.25) is 14.7 Å². The Hall–Kier alpha value is -2.69. The van der Waals surface area contributed by atoms with Crippen LogP contribution in [0.2, 0.25) is 5.02 Å². The maximum Gasteiger partial charge on any atom is 0.253 e. The van der Waals surface area contributed by atoms with Crippen LogP contribution >= 0.6 is 11.6 Å². The van der Waals surface area contributed by atoms with Crippen molar-refractivity contribution in [2.24, 2.45) is 0 Å². The van der Waals surface area contributed by atoms with E-state index in [-0.39, 0.29) is 5.91 Å². The van der Waals surface area contributed by atoms with Crippen molar-refractivity contribution in [3.63, 3.8) is 0 Å². The number of rotatable bonds is 7. The van der Waals surface area contributed by atoms with Gasteiger partial charge in [-0.1, -0.05) is 41.9 Å². The zero-order chi connectivity index (χ0) is 23.2. The second-order valence-electron chi connectivity index (χ2n) is 9.20. The molecule has 0 radical (unpaired) electrons. The molecule has 1 heterocycles. The fraction of sp³-hybridized carbons (Fsp3) is 0.357. The Morgan fingerprint density at radius 2 is 1.58 bits per heavy atom. The normalized spacial score (nSPS) is 18.3. The summed E-state index contributed by atoms with van der Waals surface area (Å²) in [7, 11) is 4.07. The van der Waals surface area contributed by atoms with Crippen LogP contribution in [-0.4, -0.2) is 40.8 Å². The van der Waals surface area contributed by atoms with Crippen molar-refractivity contribution in [3.8, 4) is 0 Å². The minimum Gasteiger partial charge on any atom is -0.339 e. The maximum atomic E-state index is 12.8.